The first-order valence-corrected chi connectivity index (χ1v) is 8.45. The van der Waals surface area contributed by atoms with Gasteiger partial charge in [0.15, 0.2) is 0 Å². The second kappa shape index (κ2) is 5.20. The molecule has 0 N–H and O–H groups in total. The molecule has 4 rings (SSSR count). The van der Waals surface area contributed by atoms with Gasteiger partial charge in [-0.2, -0.15) is 0 Å². The van der Waals surface area contributed by atoms with Crippen LogP contribution in [0.15, 0.2) is 12.7 Å². The van der Waals surface area contributed by atoms with Crippen molar-refractivity contribution in [1.29, 1.82) is 0 Å². The Morgan fingerprint density at radius 1 is 1.25 bits per heavy atom. The highest BCUT2D eigenvalue weighted by Crippen LogP contribution is 2.62. The predicted octanol–water partition coefficient (Wildman–Crippen LogP) is 4.35. The number of ether oxygens (including phenoxy) is 1. The van der Waals surface area contributed by atoms with Crippen LogP contribution >= 0.6 is 0 Å². The Morgan fingerprint density at radius 2 is 1.80 bits per heavy atom. The predicted molar refractivity (Wildman–Crippen MR) is 80.1 cm³/mol. The van der Waals surface area contributed by atoms with Gasteiger partial charge in [-0.3, -0.25) is 0 Å². The van der Waals surface area contributed by atoms with E-state index in [0.717, 1.165) is 18.3 Å². The van der Waals surface area contributed by atoms with Gasteiger partial charge in [-0.05, 0) is 68.1 Å². The Balaban J connectivity index is 1.92. The van der Waals surface area contributed by atoms with E-state index in [1.54, 1.807) is 0 Å². The molecule has 2 nitrogen and oxygen atoms in total. The van der Waals surface area contributed by atoms with Crippen molar-refractivity contribution in [3.63, 3.8) is 0 Å². The van der Waals surface area contributed by atoms with Gasteiger partial charge in [0, 0.05) is 6.08 Å². The summed E-state index contributed by atoms with van der Waals surface area (Å²) in [5, 5.41) is 0. The van der Waals surface area contributed by atoms with Crippen molar-refractivity contribution in [3.8, 4) is 0 Å². The number of esters is 1. The average molecular weight is 276 g/mol. The lowest BCUT2D eigenvalue weighted by Gasteiger charge is -2.62. The average Bonchev–Trinajstić information content (AvgIpc) is 2.42. The van der Waals surface area contributed by atoms with Crippen molar-refractivity contribution in [1.82, 2.24) is 0 Å². The molecule has 2 heteroatoms. The van der Waals surface area contributed by atoms with Crippen LogP contribution in [0, 0.1) is 29.6 Å². The van der Waals surface area contributed by atoms with Crippen molar-refractivity contribution in [3.05, 3.63) is 12.7 Å². The number of hydrogen-bond acceptors (Lipinski definition) is 2. The van der Waals surface area contributed by atoms with E-state index in [-0.39, 0.29) is 11.6 Å². The van der Waals surface area contributed by atoms with Crippen molar-refractivity contribution >= 4 is 5.97 Å². The van der Waals surface area contributed by atoms with Gasteiger partial charge in [-0.1, -0.05) is 26.8 Å². The minimum Gasteiger partial charge on any atom is -0.455 e. The van der Waals surface area contributed by atoms with E-state index in [1.165, 1.54) is 44.6 Å². The summed E-state index contributed by atoms with van der Waals surface area (Å²) in [5.41, 5.74) is -0.186. The summed E-state index contributed by atoms with van der Waals surface area (Å²) < 4.78 is 6.12. The van der Waals surface area contributed by atoms with Gasteiger partial charge in [0.1, 0.15) is 5.60 Å². The lowest BCUT2D eigenvalue weighted by molar-refractivity contribution is -0.223. The molecule has 0 aromatic carbocycles. The van der Waals surface area contributed by atoms with Crippen LogP contribution in [-0.4, -0.2) is 11.6 Å². The van der Waals surface area contributed by atoms with Crippen LogP contribution in [-0.2, 0) is 9.53 Å². The quantitative estimate of drug-likeness (QED) is 0.551. The van der Waals surface area contributed by atoms with Gasteiger partial charge in [0.25, 0.3) is 0 Å². The molecule has 4 saturated carbocycles. The Bertz CT molecular complexity index is 370. The highest BCUT2D eigenvalue weighted by atomic mass is 16.6. The summed E-state index contributed by atoms with van der Waals surface area (Å²) in [6.45, 7) is 8.15. The third kappa shape index (κ3) is 2.03. The number of rotatable bonds is 5. The Hall–Kier alpha value is -0.790. The third-order valence-corrected chi connectivity index (χ3v) is 6.35. The van der Waals surface area contributed by atoms with Gasteiger partial charge in [0.05, 0.1) is 0 Å². The van der Waals surface area contributed by atoms with Gasteiger partial charge in [0.2, 0.25) is 0 Å². The number of carbonyl (C=O) groups excluding carboxylic acids is 1. The van der Waals surface area contributed by atoms with E-state index in [9.17, 15) is 4.79 Å². The molecule has 4 fully saturated rings. The summed E-state index contributed by atoms with van der Waals surface area (Å²) in [4.78, 5) is 12.0. The summed E-state index contributed by atoms with van der Waals surface area (Å²) in [6.07, 6.45) is 10.2. The fourth-order valence-corrected chi connectivity index (χ4v) is 5.87. The minimum atomic E-state index is -0.208. The zero-order valence-electron chi connectivity index (χ0n) is 12.9. The van der Waals surface area contributed by atoms with Gasteiger partial charge in [-0.25, -0.2) is 4.79 Å². The summed E-state index contributed by atoms with van der Waals surface area (Å²) in [7, 11) is 0. The molecule has 4 aliphatic carbocycles. The second-order valence-corrected chi connectivity index (χ2v) is 7.47. The maximum atomic E-state index is 12.0. The van der Waals surface area contributed by atoms with Gasteiger partial charge >= 0.3 is 5.97 Å². The highest BCUT2D eigenvalue weighted by Gasteiger charge is 2.61. The van der Waals surface area contributed by atoms with E-state index in [0.29, 0.717) is 17.8 Å². The Labute approximate surface area is 123 Å². The zero-order valence-corrected chi connectivity index (χ0v) is 12.9. The number of carbonyl (C=O) groups is 1. The molecule has 0 saturated heterocycles. The topological polar surface area (TPSA) is 26.3 Å². The second-order valence-electron chi connectivity index (χ2n) is 7.47. The van der Waals surface area contributed by atoms with E-state index in [2.05, 4.69) is 20.4 Å². The fourth-order valence-electron chi connectivity index (χ4n) is 5.87. The molecule has 1 unspecified atom stereocenters. The first-order valence-electron chi connectivity index (χ1n) is 8.45. The Kier molecular flexibility index (Phi) is 3.68. The molecule has 0 aromatic rings. The summed E-state index contributed by atoms with van der Waals surface area (Å²) in [5.74, 6) is 3.28. The van der Waals surface area contributed by atoms with Crippen LogP contribution in [0.4, 0.5) is 0 Å². The molecule has 0 aromatic heterocycles. The maximum absolute atomic E-state index is 12.0. The Morgan fingerprint density at radius 3 is 2.25 bits per heavy atom. The molecule has 0 amide bonds. The van der Waals surface area contributed by atoms with E-state index < -0.39 is 0 Å². The van der Waals surface area contributed by atoms with E-state index in [1.807, 2.05) is 0 Å². The first kappa shape index (κ1) is 14.2. The molecule has 112 valence electrons. The smallest absolute Gasteiger partial charge is 0.330 e. The van der Waals surface area contributed by atoms with Crippen molar-refractivity contribution in [2.24, 2.45) is 29.6 Å². The summed E-state index contributed by atoms with van der Waals surface area (Å²) >= 11 is 0. The lowest BCUT2D eigenvalue weighted by Crippen LogP contribution is -2.62. The lowest BCUT2D eigenvalue weighted by atomic mass is 9.47. The fraction of sp³-hybridized carbons (Fsp3) is 0.833. The largest absolute Gasteiger partial charge is 0.455 e. The molecule has 0 aliphatic heterocycles. The summed E-state index contributed by atoms with van der Waals surface area (Å²) in [6, 6.07) is 0. The van der Waals surface area contributed by atoms with Crippen LogP contribution in [0.2, 0.25) is 0 Å². The van der Waals surface area contributed by atoms with E-state index in [4.69, 9.17) is 4.74 Å². The molecule has 4 aliphatic rings. The molecule has 0 spiro atoms. The van der Waals surface area contributed by atoms with Crippen LogP contribution in [0.1, 0.15) is 58.8 Å². The highest BCUT2D eigenvalue weighted by molar-refractivity contribution is 5.81. The van der Waals surface area contributed by atoms with Crippen molar-refractivity contribution < 1.29 is 9.53 Å². The van der Waals surface area contributed by atoms with Crippen LogP contribution in [0.3, 0.4) is 0 Å². The number of hydrogen-bond donors (Lipinski definition) is 0. The molecule has 1 atom stereocenters. The van der Waals surface area contributed by atoms with Gasteiger partial charge < -0.3 is 4.74 Å². The van der Waals surface area contributed by atoms with E-state index >= 15 is 0 Å². The van der Waals surface area contributed by atoms with Gasteiger partial charge in [-0.15, -0.1) is 0 Å². The third-order valence-electron chi connectivity index (χ3n) is 6.35. The van der Waals surface area contributed by atoms with Crippen LogP contribution in [0.5, 0.6) is 0 Å². The molecule has 0 radical (unpaired) electrons. The van der Waals surface area contributed by atoms with Crippen LogP contribution < -0.4 is 0 Å². The molecular weight excluding hydrogens is 248 g/mol. The minimum absolute atomic E-state index is 0.186. The zero-order chi connectivity index (χ0) is 14.3. The first-order chi connectivity index (χ1) is 9.60. The molecule has 0 heterocycles. The van der Waals surface area contributed by atoms with Crippen LogP contribution in [0.25, 0.3) is 0 Å². The SMILES string of the molecule is C=CC(=O)OC1(C(C)CCC)C2CC3CC(C2)CC1C3. The standard InChI is InChI=1S/C18H28O2/c1-4-6-12(3)18(20-17(19)5-2)15-8-13-7-14(10-15)11-16(18)9-13/h5,12-16H,2,4,6-11H2,1,3H3. The normalized spacial score (nSPS) is 43.3. The maximum Gasteiger partial charge on any atom is 0.330 e. The molecular formula is C18H28O2. The molecule has 20 heavy (non-hydrogen) atoms. The van der Waals surface area contributed by atoms with Crippen molar-refractivity contribution in [2.45, 2.75) is 64.4 Å². The monoisotopic (exact) mass is 276 g/mol. The molecule has 4 bridgehead atoms. The van der Waals surface area contributed by atoms with Crippen molar-refractivity contribution in [2.75, 3.05) is 0 Å².